The van der Waals surface area contributed by atoms with Gasteiger partial charge < -0.3 is 9.47 Å². The molecule has 0 bridgehead atoms. The quantitative estimate of drug-likeness (QED) is 0.523. The van der Waals surface area contributed by atoms with Gasteiger partial charge in [-0.15, -0.1) is 0 Å². The molecule has 0 heterocycles. The molecule has 0 saturated heterocycles. The predicted molar refractivity (Wildman–Crippen MR) is 88.8 cm³/mol. The molecule has 2 aromatic carbocycles. The minimum Gasteiger partial charge on any atom is -0.497 e. The van der Waals surface area contributed by atoms with Crippen molar-refractivity contribution >= 4 is 12.2 Å². The van der Waals surface area contributed by atoms with Crippen LogP contribution in [-0.2, 0) is 0 Å². The Kier molecular flexibility index (Phi) is 5.89. The van der Waals surface area contributed by atoms with E-state index in [4.69, 9.17) is 9.47 Å². The first kappa shape index (κ1) is 15.2. The summed E-state index contributed by atoms with van der Waals surface area (Å²) in [4.78, 5) is 0. The molecule has 0 aliphatic heterocycles. The maximum absolute atomic E-state index is 5.65. The van der Waals surface area contributed by atoms with Crippen molar-refractivity contribution in [1.29, 1.82) is 0 Å². The Morgan fingerprint density at radius 1 is 0.810 bits per heavy atom. The van der Waals surface area contributed by atoms with Crippen molar-refractivity contribution in [2.24, 2.45) is 0 Å². The lowest BCUT2D eigenvalue weighted by Gasteiger charge is -2.05. The summed E-state index contributed by atoms with van der Waals surface area (Å²) < 4.78 is 10.8. The Bertz CT molecular complexity index is 553. The highest BCUT2D eigenvalue weighted by molar-refractivity contribution is 5.70. The largest absolute Gasteiger partial charge is 0.497 e. The van der Waals surface area contributed by atoms with Crippen molar-refractivity contribution < 1.29 is 9.47 Å². The van der Waals surface area contributed by atoms with Gasteiger partial charge in [0.2, 0.25) is 0 Å². The Morgan fingerprint density at radius 2 is 1.33 bits per heavy atom. The molecule has 21 heavy (non-hydrogen) atoms. The molecule has 0 unspecified atom stereocenters. The lowest BCUT2D eigenvalue weighted by Crippen LogP contribution is -1.95. The maximum atomic E-state index is 5.65. The zero-order valence-corrected chi connectivity index (χ0v) is 12.7. The standard InChI is InChI=1S/C19H22O2/c1-3-4-15-21-19-13-9-17(10-14-19)6-5-16-7-11-18(20-2)12-8-16/h5-14H,3-4,15H2,1-2H3. The van der Waals surface area contributed by atoms with Gasteiger partial charge in [0.15, 0.2) is 0 Å². The van der Waals surface area contributed by atoms with Crippen LogP contribution >= 0.6 is 0 Å². The average molecular weight is 282 g/mol. The molecular formula is C19H22O2. The predicted octanol–water partition coefficient (Wildman–Crippen LogP) is 5.04. The number of benzene rings is 2. The van der Waals surface area contributed by atoms with Crippen LogP contribution in [0.15, 0.2) is 48.5 Å². The second-order valence-electron chi connectivity index (χ2n) is 4.88. The van der Waals surface area contributed by atoms with E-state index < -0.39 is 0 Å². The molecule has 0 fully saturated rings. The van der Waals surface area contributed by atoms with E-state index in [1.807, 2.05) is 36.4 Å². The van der Waals surface area contributed by atoms with Crippen LogP contribution in [0.1, 0.15) is 30.9 Å². The molecule has 110 valence electrons. The van der Waals surface area contributed by atoms with E-state index in [9.17, 15) is 0 Å². The molecule has 0 saturated carbocycles. The normalized spacial score (nSPS) is 10.8. The topological polar surface area (TPSA) is 18.5 Å². The van der Waals surface area contributed by atoms with Crippen LogP contribution in [0.2, 0.25) is 0 Å². The highest BCUT2D eigenvalue weighted by Gasteiger charge is 1.94. The highest BCUT2D eigenvalue weighted by Crippen LogP contribution is 2.16. The third-order valence-corrected chi connectivity index (χ3v) is 3.23. The van der Waals surface area contributed by atoms with Crippen molar-refractivity contribution in [3.8, 4) is 11.5 Å². The van der Waals surface area contributed by atoms with E-state index in [-0.39, 0.29) is 0 Å². The fourth-order valence-corrected chi connectivity index (χ4v) is 1.92. The number of ether oxygens (including phenoxy) is 2. The zero-order valence-electron chi connectivity index (χ0n) is 12.7. The summed E-state index contributed by atoms with van der Waals surface area (Å²) in [5, 5.41) is 0. The van der Waals surface area contributed by atoms with Gasteiger partial charge in [-0.05, 0) is 41.8 Å². The lowest BCUT2D eigenvalue weighted by atomic mass is 10.1. The molecule has 0 spiro atoms. The molecule has 2 nitrogen and oxygen atoms in total. The van der Waals surface area contributed by atoms with Gasteiger partial charge in [-0.3, -0.25) is 0 Å². The van der Waals surface area contributed by atoms with Gasteiger partial charge in [-0.1, -0.05) is 49.8 Å². The van der Waals surface area contributed by atoms with E-state index in [2.05, 4.69) is 31.2 Å². The Balaban J connectivity index is 1.93. The molecule has 0 aromatic heterocycles. The van der Waals surface area contributed by atoms with E-state index >= 15 is 0 Å². The summed E-state index contributed by atoms with van der Waals surface area (Å²) in [6.45, 7) is 2.95. The molecule has 2 aromatic rings. The molecule has 0 amide bonds. The van der Waals surface area contributed by atoms with Crippen molar-refractivity contribution in [1.82, 2.24) is 0 Å². The van der Waals surface area contributed by atoms with Gasteiger partial charge in [-0.25, -0.2) is 0 Å². The summed E-state index contributed by atoms with van der Waals surface area (Å²) in [6, 6.07) is 16.2. The van der Waals surface area contributed by atoms with Crippen LogP contribution in [0.5, 0.6) is 11.5 Å². The second kappa shape index (κ2) is 8.15. The van der Waals surface area contributed by atoms with Gasteiger partial charge in [0.25, 0.3) is 0 Å². The van der Waals surface area contributed by atoms with Crippen LogP contribution in [0.25, 0.3) is 12.2 Å². The molecule has 2 heteroatoms. The Morgan fingerprint density at radius 3 is 1.81 bits per heavy atom. The van der Waals surface area contributed by atoms with Crippen molar-refractivity contribution in [3.63, 3.8) is 0 Å². The van der Waals surface area contributed by atoms with Gasteiger partial charge in [0.1, 0.15) is 11.5 Å². The van der Waals surface area contributed by atoms with Crippen molar-refractivity contribution in [3.05, 3.63) is 59.7 Å². The summed E-state index contributed by atoms with van der Waals surface area (Å²) in [5.41, 5.74) is 2.31. The first-order valence-electron chi connectivity index (χ1n) is 7.37. The number of hydrogen-bond donors (Lipinski definition) is 0. The lowest BCUT2D eigenvalue weighted by molar-refractivity contribution is 0.309. The summed E-state index contributed by atoms with van der Waals surface area (Å²) >= 11 is 0. The SMILES string of the molecule is CCCCOc1ccc(C=Cc2ccc(OC)cc2)cc1. The van der Waals surface area contributed by atoms with Crippen LogP contribution in [0, 0.1) is 0 Å². The molecule has 0 N–H and O–H groups in total. The van der Waals surface area contributed by atoms with E-state index in [1.54, 1.807) is 7.11 Å². The van der Waals surface area contributed by atoms with Crippen LogP contribution in [0.3, 0.4) is 0 Å². The minimum atomic E-state index is 0.789. The fraction of sp³-hybridized carbons (Fsp3) is 0.263. The number of unbranched alkanes of at least 4 members (excludes halogenated alkanes) is 1. The number of hydrogen-bond acceptors (Lipinski definition) is 2. The van der Waals surface area contributed by atoms with Crippen LogP contribution in [-0.4, -0.2) is 13.7 Å². The summed E-state index contributed by atoms with van der Waals surface area (Å²) in [7, 11) is 1.68. The zero-order chi connectivity index (χ0) is 14.9. The maximum Gasteiger partial charge on any atom is 0.119 e. The number of methoxy groups -OCH3 is 1. The first-order valence-corrected chi connectivity index (χ1v) is 7.37. The monoisotopic (exact) mass is 282 g/mol. The number of rotatable bonds is 7. The van der Waals surface area contributed by atoms with E-state index in [0.717, 1.165) is 42.1 Å². The molecule has 0 aliphatic carbocycles. The highest BCUT2D eigenvalue weighted by atomic mass is 16.5. The molecule has 0 atom stereocenters. The van der Waals surface area contributed by atoms with E-state index in [1.165, 1.54) is 0 Å². The van der Waals surface area contributed by atoms with Gasteiger partial charge in [0.05, 0.1) is 13.7 Å². The van der Waals surface area contributed by atoms with Gasteiger partial charge >= 0.3 is 0 Å². The Hall–Kier alpha value is -2.22. The first-order chi connectivity index (χ1) is 10.3. The smallest absolute Gasteiger partial charge is 0.119 e. The van der Waals surface area contributed by atoms with Crippen LogP contribution < -0.4 is 9.47 Å². The Labute approximate surface area is 127 Å². The third kappa shape index (κ3) is 4.99. The summed E-state index contributed by atoms with van der Waals surface area (Å²) in [5.74, 6) is 1.81. The third-order valence-electron chi connectivity index (χ3n) is 3.23. The fourth-order valence-electron chi connectivity index (χ4n) is 1.92. The van der Waals surface area contributed by atoms with Crippen LogP contribution in [0.4, 0.5) is 0 Å². The molecule has 2 rings (SSSR count). The van der Waals surface area contributed by atoms with Gasteiger partial charge in [0, 0.05) is 0 Å². The molecule has 0 radical (unpaired) electrons. The molecule has 0 aliphatic rings. The summed E-state index contributed by atoms with van der Waals surface area (Å²) in [6.07, 6.45) is 6.44. The van der Waals surface area contributed by atoms with Crippen molar-refractivity contribution in [2.45, 2.75) is 19.8 Å². The van der Waals surface area contributed by atoms with Crippen molar-refractivity contribution in [2.75, 3.05) is 13.7 Å². The molecular weight excluding hydrogens is 260 g/mol. The second-order valence-corrected chi connectivity index (χ2v) is 4.88. The minimum absolute atomic E-state index is 0.789. The van der Waals surface area contributed by atoms with Gasteiger partial charge in [-0.2, -0.15) is 0 Å². The van der Waals surface area contributed by atoms with E-state index in [0.29, 0.717) is 0 Å². The average Bonchev–Trinajstić information content (AvgIpc) is 2.55.